The molecule has 1 fully saturated rings. The van der Waals surface area contributed by atoms with E-state index >= 15 is 0 Å². The topological polar surface area (TPSA) is 55.8 Å². The molecule has 0 aromatic rings. The van der Waals surface area contributed by atoms with Gasteiger partial charge in [-0.3, -0.25) is 4.79 Å². The molecule has 0 saturated carbocycles. The van der Waals surface area contributed by atoms with Crippen LogP contribution >= 0.6 is 0 Å². The minimum Gasteiger partial charge on any atom is -0.438 e. The van der Waals surface area contributed by atoms with Crippen LogP contribution in [0, 0.1) is 5.92 Å². The van der Waals surface area contributed by atoms with Gasteiger partial charge in [-0.25, -0.2) is 4.79 Å². The van der Waals surface area contributed by atoms with Crippen LogP contribution in [-0.2, 0) is 14.3 Å². The molecule has 0 N–H and O–H groups in total. The second-order valence-corrected chi connectivity index (χ2v) is 4.22. The van der Waals surface area contributed by atoms with Gasteiger partial charge in [-0.1, -0.05) is 13.8 Å². The molecule has 5 nitrogen and oxygen atoms in total. The number of rotatable bonds is 4. The van der Waals surface area contributed by atoms with Gasteiger partial charge in [0.05, 0.1) is 13.2 Å². The van der Waals surface area contributed by atoms with Crippen LogP contribution in [0.3, 0.4) is 0 Å². The number of amides is 1. The highest BCUT2D eigenvalue weighted by Crippen LogP contribution is 2.09. The van der Waals surface area contributed by atoms with Gasteiger partial charge in [0.2, 0.25) is 6.29 Å². The van der Waals surface area contributed by atoms with Crippen LogP contribution < -0.4 is 0 Å². The quantitative estimate of drug-likeness (QED) is 0.719. The van der Waals surface area contributed by atoms with Crippen molar-refractivity contribution in [2.75, 3.05) is 26.3 Å². The molecule has 0 aromatic heterocycles. The summed E-state index contributed by atoms with van der Waals surface area (Å²) in [5.41, 5.74) is 0. The van der Waals surface area contributed by atoms with E-state index in [9.17, 15) is 9.59 Å². The van der Waals surface area contributed by atoms with E-state index in [0.717, 1.165) is 0 Å². The van der Waals surface area contributed by atoms with Crippen LogP contribution in [0.5, 0.6) is 0 Å². The maximum absolute atomic E-state index is 11.6. The van der Waals surface area contributed by atoms with Gasteiger partial charge >= 0.3 is 6.09 Å². The molecule has 0 aliphatic carbocycles. The second kappa shape index (κ2) is 6.48. The number of hydrogen-bond acceptors (Lipinski definition) is 4. The van der Waals surface area contributed by atoms with Gasteiger partial charge in [0.1, 0.15) is 0 Å². The highest BCUT2D eigenvalue weighted by Gasteiger charge is 2.22. The Morgan fingerprint density at radius 3 is 2.56 bits per heavy atom. The molecule has 0 bridgehead atoms. The van der Waals surface area contributed by atoms with E-state index in [1.807, 2.05) is 13.8 Å². The fourth-order valence-electron chi connectivity index (χ4n) is 1.49. The second-order valence-electron chi connectivity index (χ2n) is 4.22. The van der Waals surface area contributed by atoms with Crippen molar-refractivity contribution in [3.05, 3.63) is 0 Å². The molecule has 1 heterocycles. The lowest BCUT2D eigenvalue weighted by Crippen LogP contribution is -2.42. The zero-order valence-corrected chi connectivity index (χ0v) is 9.77. The Balaban J connectivity index is 2.38. The lowest BCUT2D eigenvalue weighted by molar-refractivity contribution is 0.0193. The van der Waals surface area contributed by atoms with E-state index < -0.39 is 12.2 Å². The van der Waals surface area contributed by atoms with Gasteiger partial charge < -0.3 is 14.4 Å². The molecule has 1 rings (SSSR count). The predicted octanol–water partition coefficient (Wildman–Crippen LogP) is 0.980. The molecule has 1 radical (unpaired) electrons. The third-order valence-electron chi connectivity index (χ3n) is 2.33. The fraction of sp³-hybridized carbons (Fsp3) is 0.818. The van der Waals surface area contributed by atoms with Crippen molar-refractivity contribution in [1.82, 2.24) is 4.90 Å². The number of carbonyl (C=O) groups excluding carboxylic acids is 2. The summed E-state index contributed by atoms with van der Waals surface area (Å²) in [7, 11) is 0. The zero-order chi connectivity index (χ0) is 12.0. The van der Waals surface area contributed by atoms with Crippen LogP contribution in [-0.4, -0.2) is 49.7 Å². The zero-order valence-electron chi connectivity index (χ0n) is 9.77. The number of carbonyl (C=O) groups is 1. The van der Waals surface area contributed by atoms with Gasteiger partial charge in [-0.2, -0.15) is 0 Å². The van der Waals surface area contributed by atoms with E-state index in [4.69, 9.17) is 9.47 Å². The van der Waals surface area contributed by atoms with Crippen molar-refractivity contribution in [3.8, 4) is 0 Å². The monoisotopic (exact) mass is 228 g/mol. The van der Waals surface area contributed by atoms with Crippen molar-refractivity contribution >= 4 is 12.4 Å². The number of morpholine rings is 1. The smallest absolute Gasteiger partial charge is 0.410 e. The normalized spacial score (nSPS) is 18.3. The number of ether oxygens (including phenoxy) is 2. The Kier molecular flexibility index (Phi) is 5.25. The van der Waals surface area contributed by atoms with Gasteiger partial charge in [-0.15, -0.1) is 0 Å². The highest BCUT2D eigenvalue weighted by atomic mass is 16.6. The van der Waals surface area contributed by atoms with E-state index in [0.29, 0.717) is 38.6 Å². The Bertz CT molecular complexity index is 236. The van der Waals surface area contributed by atoms with Crippen molar-refractivity contribution < 1.29 is 19.1 Å². The minimum absolute atomic E-state index is 0.295. The summed E-state index contributed by atoms with van der Waals surface area (Å²) in [6, 6.07) is 0. The lowest BCUT2D eigenvalue weighted by atomic mass is 10.1. The Morgan fingerprint density at radius 2 is 2.06 bits per heavy atom. The van der Waals surface area contributed by atoms with Gasteiger partial charge in [0, 0.05) is 13.1 Å². The molecule has 5 heteroatoms. The van der Waals surface area contributed by atoms with E-state index in [1.54, 1.807) is 11.2 Å². The maximum atomic E-state index is 11.6. The Labute approximate surface area is 95.7 Å². The summed E-state index contributed by atoms with van der Waals surface area (Å²) in [4.78, 5) is 23.8. The van der Waals surface area contributed by atoms with Crippen LogP contribution in [0.4, 0.5) is 4.79 Å². The molecule has 1 amide bonds. The molecule has 1 aliphatic rings. The average molecular weight is 228 g/mol. The molecule has 1 saturated heterocycles. The predicted molar refractivity (Wildman–Crippen MR) is 57.8 cm³/mol. The van der Waals surface area contributed by atoms with Crippen molar-refractivity contribution in [1.29, 1.82) is 0 Å². The molecule has 91 valence electrons. The third-order valence-corrected chi connectivity index (χ3v) is 2.33. The summed E-state index contributed by atoms with van der Waals surface area (Å²) in [5.74, 6) is 0.295. The molecular formula is C11H18NO4. The van der Waals surface area contributed by atoms with E-state index in [1.165, 1.54) is 0 Å². The first-order chi connectivity index (χ1) is 7.63. The lowest BCUT2D eigenvalue weighted by Gasteiger charge is -2.27. The Hall–Kier alpha value is -1.10. The molecular weight excluding hydrogens is 210 g/mol. The van der Waals surface area contributed by atoms with E-state index in [-0.39, 0.29) is 0 Å². The molecule has 0 aromatic carbocycles. The average Bonchev–Trinajstić information content (AvgIpc) is 2.28. The first kappa shape index (κ1) is 13.0. The summed E-state index contributed by atoms with van der Waals surface area (Å²) in [5, 5.41) is 0. The standard InChI is InChI=1S/C11H18NO4/c1-9(2)7-10(8-13)16-11(14)12-3-5-15-6-4-12/h9-10H,3-7H2,1-2H3. The first-order valence-electron chi connectivity index (χ1n) is 5.54. The molecule has 0 spiro atoms. The fourth-order valence-corrected chi connectivity index (χ4v) is 1.49. The van der Waals surface area contributed by atoms with Crippen LogP contribution in [0.1, 0.15) is 20.3 Å². The summed E-state index contributed by atoms with van der Waals surface area (Å²) >= 11 is 0. The Morgan fingerprint density at radius 1 is 1.44 bits per heavy atom. The largest absolute Gasteiger partial charge is 0.438 e. The van der Waals surface area contributed by atoms with Crippen molar-refractivity contribution in [2.45, 2.75) is 26.4 Å². The molecule has 16 heavy (non-hydrogen) atoms. The van der Waals surface area contributed by atoms with Crippen LogP contribution in [0.25, 0.3) is 0 Å². The summed E-state index contributed by atoms with van der Waals surface area (Å²) in [6.07, 6.45) is 1.06. The van der Waals surface area contributed by atoms with Gasteiger partial charge in [0.15, 0.2) is 6.10 Å². The van der Waals surface area contributed by atoms with Crippen molar-refractivity contribution in [2.24, 2.45) is 5.92 Å². The molecule has 1 aliphatic heterocycles. The minimum atomic E-state index is -0.754. The van der Waals surface area contributed by atoms with Gasteiger partial charge in [0.25, 0.3) is 0 Å². The third kappa shape index (κ3) is 4.18. The van der Waals surface area contributed by atoms with Crippen molar-refractivity contribution in [3.63, 3.8) is 0 Å². The first-order valence-corrected chi connectivity index (χ1v) is 5.54. The SMILES string of the molecule is CC(C)CC([C]=O)OC(=O)N1CCOCC1. The summed E-state index contributed by atoms with van der Waals surface area (Å²) in [6.45, 7) is 6.02. The molecule has 1 unspecified atom stereocenters. The maximum Gasteiger partial charge on any atom is 0.410 e. The van der Waals surface area contributed by atoms with Crippen LogP contribution in [0.2, 0.25) is 0 Å². The molecule has 1 atom stereocenters. The number of hydrogen-bond donors (Lipinski definition) is 0. The summed E-state index contributed by atoms with van der Waals surface area (Å²) < 4.78 is 10.2. The highest BCUT2D eigenvalue weighted by molar-refractivity contribution is 5.71. The van der Waals surface area contributed by atoms with Crippen LogP contribution in [0.15, 0.2) is 0 Å². The van der Waals surface area contributed by atoms with Gasteiger partial charge in [-0.05, 0) is 12.3 Å². The van der Waals surface area contributed by atoms with E-state index in [2.05, 4.69) is 0 Å². The number of nitrogens with zero attached hydrogens (tertiary/aromatic N) is 1.